The molecular weight excluding hydrogens is 333 g/mol. The summed E-state index contributed by atoms with van der Waals surface area (Å²) in [6.07, 6.45) is 0. The number of nitrogens with zero attached hydrogens (tertiary/aromatic N) is 4. The predicted molar refractivity (Wildman–Crippen MR) is 88.3 cm³/mol. The van der Waals surface area contributed by atoms with Gasteiger partial charge in [0, 0.05) is 12.1 Å². The second-order valence-corrected chi connectivity index (χ2v) is 5.90. The van der Waals surface area contributed by atoms with Gasteiger partial charge >= 0.3 is 0 Å². The second kappa shape index (κ2) is 6.70. The van der Waals surface area contributed by atoms with E-state index in [0.717, 1.165) is 5.56 Å². The molecule has 126 valence electrons. The van der Waals surface area contributed by atoms with E-state index in [1.807, 2.05) is 19.1 Å². The normalized spacial score (nSPS) is 12.5. The van der Waals surface area contributed by atoms with Gasteiger partial charge in [0.25, 0.3) is 0 Å². The summed E-state index contributed by atoms with van der Waals surface area (Å²) < 4.78 is 21.1. The van der Waals surface area contributed by atoms with Gasteiger partial charge in [0.2, 0.25) is 0 Å². The van der Waals surface area contributed by atoms with Crippen LogP contribution < -0.4 is 0 Å². The molecule has 3 aromatic rings. The number of aryl methyl sites for hydroxylation is 1. The number of hydrogen-bond donors (Lipinski definition) is 1. The molecule has 6 nitrogen and oxygen atoms in total. The van der Waals surface area contributed by atoms with Gasteiger partial charge in [0.15, 0.2) is 23.2 Å². The van der Waals surface area contributed by atoms with Crippen LogP contribution in [0.3, 0.4) is 0 Å². The zero-order chi connectivity index (χ0) is 17.3. The van der Waals surface area contributed by atoms with Crippen LogP contribution in [0.4, 0.5) is 4.39 Å². The quantitative estimate of drug-likeness (QED) is 0.765. The van der Waals surface area contributed by atoms with Gasteiger partial charge < -0.3 is 4.74 Å². The Bertz CT molecular complexity index is 843. The molecule has 0 radical (unpaired) electrons. The molecule has 2 heterocycles. The maximum atomic E-state index is 14.3. The van der Waals surface area contributed by atoms with Gasteiger partial charge in [0.1, 0.15) is 6.61 Å². The molecule has 0 aliphatic rings. The van der Waals surface area contributed by atoms with E-state index in [4.69, 9.17) is 16.3 Å². The average Bonchev–Trinajstić information content (AvgIpc) is 3.12. The Morgan fingerprint density at radius 1 is 1.33 bits per heavy atom. The van der Waals surface area contributed by atoms with Crippen LogP contribution >= 0.6 is 11.6 Å². The van der Waals surface area contributed by atoms with E-state index in [1.54, 1.807) is 30.8 Å². The highest BCUT2D eigenvalue weighted by Crippen LogP contribution is 2.27. The lowest BCUT2D eigenvalue weighted by atomic mass is 10.1. The second-order valence-electron chi connectivity index (χ2n) is 5.47. The largest absolute Gasteiger partial charge is 0.377 e. The molecule has 0 spiro atoms. The number of benzene rings is 1. The van der Waals surface area contributed by atoms with Crippen molar-refractivity contribution in [3.8, 4) is 11.5 Å². The summed E-state index contributed by atoms with van der Waals surface area (Å²) in [5, 5.41) is 11.8. The molecule has 0 aliphatic carbocycles. The fourth-order valence-electron chi connectivity index (χ4n) is 2.44. The summed E-state index contributed by atoms with van der Waals surface area (Å²) in [4.78, 5) is 4.39. The van der Waals surface area contributed by atoms with E-state index >= 15 is 0 Å². The number of aromatic amines is 1. The first-order valence-corrected chi connectivity index (χ1v) is 7.79. The maximum absolute atomic E-state index is 14.3. The van der Waals surface area contributed by atoms with E-state index in [9.17, 15) is 4.39 Å². The van der Waals surface area contributed by atoms with Gasteiger partial charge in [-0.3, -0.25) is 5.10 Å². The number of rotatable bonds is 5. The Morgan fingerprint density at radius 3 is 2.62 bits per heavy atom. The smallest absolute Gasteiger partial charge is 0.182 e. The molecule has 2 aromatic heterocycles. The van der Waals surface area contributed by atoms with Gasteiger partial charge in [-0.15, -0.1) is 0 Å². The first kappa shape index (κ1) is 16.6. The van der Waals surface area contributed by atoms with E-state index < -0.39 is 5.82 Å². The van der Waals surface area contributed by atoms with Crippen LogP contribution in [-0.4, -0.2) is 32.1 Å². The highest BCUT2D eigenvalue weighted by atomic mass is 35.5. The molecule has 0 fully saturated rings. The molecule has 0 aliphatic heterocycles. The third kappa shape index (κ3) is 3.05. The molecule has 0 bridgehead atoms. The number of hydrogen-bond acceptors (Lipinski definition) is 4. The number of halogens is 2. The van der Waals surface area contributed by atoms with Crippen molar-refractivity contribution in [1.29, 1.82) is 0 Å². The van der Waals surface area contributed by atoms with E-state index in [1.165, 1.54) is 0 Å². The number of methoxy groups -OCH3 is 1. The Hall–Kier alpha value is -2.25. The molecule has 0 saturated heterocycles. The first-order chi connectivity index (χ1) is 11.5. The SMILES string of the molecule is COCc1nc(-c2n[nH]c(C)c2F)n(C(C)c2ccc(Cl)cc2)n1. The maximum Gasteiger partial charge on any atom is 0.182 e. The van der Waals surface area contributed by atoms with Crippen LogP contribution in [0.1, 0.15) is 30.0 Å². The van der Waals surface area contributed by atoms with Crippen LogP contribution in [-0.2, 0) is 11.3 Å². The van der Waals surface area contributed by atoms with Crippen molar-refractivity contribution in [2.24, 2.45) is 0 Å². The molecule has 8 heteroatoms. The van der Waals surface area contributed by atoms with Crippen molar-refractivity contribution >= 4 is 11.6 Å². The number of ether oxygens (including phenoxy) is 1. The molecule has 3 rings (SSSR count). The van der Waals surface area contributed by atoms with Gasteiger partial charge in [-0.05, 0) is 31.5 Å². The standard InChI is InChI=1S/C16H17ClFN5O/c1-9-14(18)15(21-20-9)16-19-13(8-24-3)22-23(16)10(2)11-4-6-12(17)7-5-11/h4-7,10H,8H2,1-3H3,(H,20,21). The fourth-order valence-corrected chi connectivity index (χ4v) is 2.56. The minimum absolute atomic E-state index is 0.142. The lowest BCUT2D eigenvalue weighted by Gasteiger charge is -2.14. The Kier molecular flexibility index (Phi) is 4.64. The van der Waals surface area contributed by atoms with Crippen molar-refractivity contribution in [1.82, 2.24) is 25.0 Å². The van der Waals surface area contributed by atoms with Crippen LogP contribution in [0.5, 0.6) is 0 Å². The summed E-state index contributed by atoms with van der Waals surface area (Å²) in [5.74, 6) is 0.385. The third-order valence-corrected chi connectivity index (χ3v) is 4.00. The number of H-pyrrole nitrogens is 1. The highest BCUT2D eigenvalue weighted by molar-refractivity contribution is 6.30. The molecule has 24 heavy (non-hydrogen) atoms. The summed E-state index contributed by atoms with van der Waals surface area (Å²) in [7, 11) is 1.56. The summed E-state index contributed by atoms with van der Waals surface area (Å²) >= 11 is 5.94. The van der Waals surface area contributed by atoms with Gasteiger partial charge in [0.05, 0.1) is 11.7 Å². The Labute approximate surface area is 143 Å². The molecule has 0 amide bonds. The minimum Gasteiger partial charge on any atom is -0.377 e. The zero-order valence-corrected chi connectivity index (χ0v) is 14.3. The summed E-state index contributed by atoms with van der Waals surface area (Å²) in [6, 6.07) is 7.24. The molecule has 1 atom stereocenters. The van der Waals surface area contributed by atoms with Gasteiger partial charge in [-0.25, -0.2) is 14.1 Å². The van der Waals surface area contributed by atoms with Crippen LogP contribution in [0.2, 0.25) is 5.02 Å². The first-order valence-electron chi connectivity index (χ1n) is 7.42. The highest BCUT2D eigenvalue weighted by Gasteiger charge is 2.23. The van der Waals surface area contributed by atoms with Crippen molar-refractivity contribution < 1.29 is 9.13 Å². The Morgan fingerprint density at radius 2 is 2.04 bits per heavy atom. The van der Waals surface area contributed by atoms with E-state index in [0.29, 0.717) is 22.4 Å². The predicted octanol–water partition coefficient (Wildman–Crippen LogP) is 3.52. The van der Waals surface area contributed by atoms with Gasteiger partial charge in [-0.1, -0.05) is 23.7 Å². The van der Waals surface area contributed by atoms with E-state index in [2.05, 4.69) is 20.3 Å². The van der Waals surface area contributed by atoms with E-state index in [-0.39, 0.29) is 18.3 Å². The van der Waals surface area contributed by atoms with Crippen molar-refractivity contribution in [2.75, 3.05) is 7.11 Å². The summed E-state index contributed by atoms with van der Waals surface area (Å²) in [6.45, 7) is 3.80. The zero-order valence-electron chi connectivity index (χ0n) is 13.5. The van der Waals surface area contributed by atoms with Gasteiger partial charge in [-0.2, -0.15) is 10.2 Å². The van der Waals surface area contributed by atoms with Crippen LogP contribution in [0, 0.1) is 12.7 Å². The van der Waals surface area contributed by atoms with Crippen molar-refractivity contribution in [2.45, 2.75) is 26.5 Å². The number of nitrogens with one attached hydrogen (secondary N) is 1. The number of aromatic nitrogens is 5. The van der Waals surface area contributed by atoms with Crippen molar-refractivity contribution in [3.63, 3.8) is 0 Å². The third-order valence-electron chi connectivity index (χ3n) is 3.75. The van der Waals surface area contributed by atoms with Crippen molar-refractivity contribution in [3.05, 3.63) is 52.2 Å². The topological polar surface area (TPSA) is 68.6 Å². The molecule has 0 saturated carbocycles. The summed E-state index contributed by atoms with van der Waals surface area (Å²) in [5.41, 5.74) is 1.47. The lowest BCUT2D eigenvalue weighted by molar-refractivity contribution is 0.177. The fraction of sp³-hybridized carbons (Fsp3) is 0.312. The molecule has 1 aromatic carbocycles. The van der Waals surface area contributed by atoms with Crippen LogP contribution in [0.15, 0.2) is 24.3 Å². The molecule has 1 N–H and O–H groups in total. The molecular formula is C16H17ClFN5O. The minimum atomic E-state index is -0.434. The van der Waals surface area contributed by atoms with Crippen LogP contribution in [0.25, 0.3) is 11.5 Å². The molecule has 1 unspecified atom stereocenters. The monoisotopic (exact) mass is 349 g/mol. The lowest BCUT2D eigenvalue weighted by Crippen LogP contribution is -2.11. The average molecular weight is 350 g/mol. The Balaban J connectivity index is 2.08.